The van der Waals surface area contributed by atoms with Gasteiger partial charge in [0.15, 0.2) is 0 Å². The molecule has 3 rings (SSSR count). The van der Waals surface area contributed by atoms with Gasteiger partial charge in [0, 0.05) is 18.6 Å². The standard InChI is InChI=1S/C17H22N2O2.ClH/c1-2-11-21-16-6-4-3-5-15(16)17(20)19-13-7-8-14(19)12-18-10-9-13;/h2-6,13-14,18H,1,7-12H2;1H. The van der Waals surface area contributed by atoms with Crippen LogP contribution in [-0.4, -0.2) is 42.6 Å². The number of hydrogen-bond acceptors (Lipinski definition) is 3. The summed E-state index contributed by atoms with van der Waals surface area (Å²) in [6.07, 6.45) is 4.95. The first-order valence-electron chi connectivity index (χ1n) is 7.67. The van der Waals surface area contributed by atoms with E-state index in [2.05, 4.69) is 16.8 Å². The Hall–Kier alpha value is -1.52. The maximum atomic E-state index is 13.0. The number of nitrogens with zero attached hydrogens (tertiary/aromatic N) is 1. The summed E-state index contributed by atoms with van der Waals surface area (Å²) in [7, 11) is 0. The van der Waals surface area contributed by atoms with Crippen molar-refractivity contribution in [3.05, 3.63) is 42.5 Å². The van der Waals surface area contributed by atoms with E-state index in [-0.39, 0.29) is 18.3 Å². The number of fused-ring (bicyclic) bond motifs is 2. The summed E-state index contributed by atoms with van der Waals surface area (Å²) >= 11 is 0. The van der Waals surface area contributed by atoms with Crippen molar-refractivity contribution in [1.29, 1.82) is 0 Å². The summed E-state index contributed by atoms with van der Waals surface area (Å²) in [4.78, 5) is 15.1. The molecule has 0 aromatic heterocycles. The predicted molar refractivity (Wildman–Crippen MR) is 89.8 cm³/mol. The fraction of sp³-hybridized carbons (Fsp3) is 0.471. The Balaban J connectivity index is 0.00000176. The second kappa shape index (κ2) is 7.65. The molecule has 5 heteroatoms. The van der Waals surface area contributed by atoms with E-state index in [1.54, 1.807) is 6.08 Å². The van der Waals surface area contributed by atoms with Crippen molar-refractivity contribution in [2.75, 3.05) is 19.7 Å². The number of hydrogen-bond donors (Lipinski definition) is 1. The SMILES string of the molecule is C=CCOc1ccccc1C(=O)N1C2CCNCC1CC2.Cl. The molecule has 1 amide bonds. The lowest BCUT2D eigenvalue weighted by atomic mass is 10.1. The summed E-state index contributed by atoms with van der Waals surface area (Å²) in [5.74, 6) is 0.755. The molecule has 2 aliphatic rings. The van der Waals surface area contributed by atoms with Crippen LogP contribution in [0.5, 0.6) is 5.75 Å². The van der Waals surface area contributed by atoms with Crippen molar-refractivity contribution in [2.24, 2.45) is 0 Å². The Labute approximate surface area is 137 Å². The largest absolute Gasteiger partial charge is 0.489 e. The van der Waals surface area contributed by atoms with Crippen LogP contribution in [0, 0.1) is 0 Å². The first-order valence-corrected chi connectivity index (χ1v) is 7.67. The number of carbonyl (C=O) groups is 1. The normalized spacial score (nSPS) is 23.4. The number of rotatable bonds is 4. The van der Waals surface area contributed by atoms with Gasteiger partial charge in [-0.05, 0) is 37.9 Å². The van der Waals surface area contributed by atoms with Crippen LogP contribution in [0.4, 0.5) is 0 Å². The minimum Gasteiger partial charge on any atom is -0.489 e. The van der Waals surface area contributed by atoms with Gasteiger partial charge in [-0.3, -0.25) is 4.79 Å². The molecule has 0 radical (unpaired) electrons. The fourth-order valence-electron chi connectivity index (χ4n) is 3.37. The highest BCUT2D eigenvalue weighted by Crippen LogP contribution is 2.31. The fourth-order valence-corrected chi connectivity index (χ4v) is 3.37. The van der Waals surface area contributed by atoms with Crippen molar-refractivity contribution in [1.82, 2.24) is 10.2 Å². The van der Waals surface area contributed by atoms with Crippen molar-refractivity contribution in [3.8, 4) is 5.75 Å². The number of ether oxygens (including phenoxy) is 1. The molecule has 2 saturated heterocycles. The number of para-hydroxylation sites is 1. The zero-order valence-electron chi connectivity index (χ0n) is 12.7. The van der Waals surface area contributed by atoms with Crippen molar-refractivity contribution in [3.63, 3.8) is 0 Å². The third-order valence-corrected chi connectivity index (χ3v) is 4.36. The van der Waals surface area contributed by atoms with Gasteiger partial charge in [0.1, 0.15) is 12.4 Å². The molecule has 1 aromatic rings. The highest BCUT2D eigenvalue weighted by atomic mass is 35.5. The predicted octanol–water partition coefficient (Wildman–Crippen LogP) is 2.64. The van der Waals surface area contributed by atoms with Crippen LogP contribution in [0.3, 0.4) is 0 Å². The number of amides is 1. The van der Waals surface area contributed by atoms with Gasteiger partial charge in [-0.25, -0.2) is 0 Å². The third-order valence-electron chi connectivity index (χ3n) is 4.36. The minimum absolute atomic E-state index is 0. The summed E-state index contributed by atoms with van der Waals surface area (Å²) < 4.78 is 5.64. The molecule has 0 saturated carbocycles. The maximum Gasteiger partial charge on any atom is 0.258 e. The molecule has 2 fully saturated rings. The van der Waals surface area contributed by atoms with Crippen LogP contribution >= 0.6 is 12.4 Å². The molecule has 120 valence electrons. The van der Waals surface area contributed by atoms with Crippen molar-refractivity contribution < 1.29 is 9.53 Å². The van der Waals surface area contributed by atoms with Crippen LogP contribution in [0.25, 0.3) is 0 Å². The zero-order chi connectivity index (χ0) is 14.7. The van der Waals surface area contributed by atoms with E-state index in [4.69, 9.17) is 4.74 Å². The molecule has 22 heavy (non-hydrogen) atoms. The second-order valence-electron chi connectivity index (χ2n) is 5.69. The lowest BCUT2D eigenvalue weighted by Crippen LogP contribution is -2.42. The van der Waals surface area contributed by atoms with E-state index in [1.807, 2.05) is 24.3 Å². The average Bonchev–Trinajstić information content (AvgIpc) is 2.78. The lowest BCUT2D eigenvalue weighted by molar-refractivity contribution is 0.0676. The van der Waals surface area contributed by atoms with E-state index >= 15 is 0 Å². The van der Waals surface area contributed by atoms with Crippen LogP contribution in [0.1, 0.15) is 29.6 Å². The quantitative estimate of drug-likeness (QED) is 0.866. The van der Waals surface area contributed by atoms with Gasteiger partial charge in [0.05, 0.1) is 5.56 Å². The second-order valence-corrected chi connectivity index (χ2v) is 5.69. The van der Waals surface area contributed by atoms with Gasteiger partial charge in [-0.1, -0.05) is 24.8 Å². The third kappa shape index (κ3) is 3.28. The van der Waals surface area contributed by atoms with Crippen LogP contribution in [0.2, 0.25) is 0 Å². The maximum absolute atomic E-state index is 13.0. The molecular formula is C17H23ClN2O2. The zero-order valence-corrected chi connectivity index (χ0v) is 13.5. The Bertz CT molecular complexity index is 521. The first kappa shape index (κ1) is 16.8. The summed E-state index contributed by atoms with van der Waals surface area (Å²) in [6, 6.07) is 8.19. The van der Waals surface area contributed by atoms with E-state index in [0.717, 1.165) is 32.4 Å². The first-order chi connectivity index (χ1) is 10.3. The Morgan fingerprint density at radius 3 is 2.91 bits per heavy atom. The average molecular weight is 323 g/mol. The van der Waals surface area contributed by atoms with E-state index in [1.165, 1.54) is 0 Å². The number of carbonyl (C=O) groups excluding carboxylic acids is 1. The molecule has 2 aliphatic heterocycles. The molecule has 2 unspecified atom stereocenters. The van der Waals surface area contributed by atoms with Crippen LogP contribution < -0.4 is 10.1 Å². The van der Waals surface area contributed by atoms with E-state index < -0.39 is 0 Å². The van der Waals surface area contributed by atoms with Gasteiger partial charge in [-0.2, -0.15) is 0 Å². The number of nitrogens with one attached hydrogen (secondary N) is 1. The molecule has 2 atom stereocenters. The summed E-state index contributed by atoms with van der Waals surface area (Å²) in [5.41, 5.74) is 0.665. The topological polar surface area (TPSA) is 41.6 Å². The molecule has 1 N–H and O–H groups in total. The molecular weight excluding hydrogens is 300 g/mol. The van der Waals surface area contributed by atoms with Gasteiger partial charge in [-0.15, -0.1) is 12.4 Å². The molecule has 0 aliphatic carbocycles. The molecule has 2 heterocycles. The smallest absolute Gasteiger partial charge is 0.258 e. The highest BCUT2D eigenvalue weighted by Gasteiger charge is 2.38. The van der Waals surface area contributed by atoms with Crippen molar-refractivity contribution >= 4 is 18.3 Å². The highest BCUT2D eigenvalue weighted by molar-refractivity contribution is 5.97. The van der Waals surface area contributed by atoms with Gasteiger partial charge < -0.3 is 15.0 Å². The molecule has 1 aromatic carbocycles. The molecule has 2 bridgehead atoms. The van der Waals surface area contributed by atoms with Crippen LogP contribution in [0.15, 0.2) is 36.9 Å². The monoisotopic (exact) mass is 322 g/mol. The van der Waals surface area contributed by atoms with E-state index in [0.29, 0.717) is 30.0 Å². The van der Waals surface area contributed by atoms with Gasteiger partial charge in [0.25, 0.3) is 5.91 Å². The Morgan fingerprint density at radius 1 is 1.32 bits per heavy atom. The Morgan fingerprint density at radius 2 is 2.09 bits per heavy atom. The number of halogens is 1. The molecule has 0 spiro atoms. The summed E-state index contributed by atoms with van der Waals surface area (Å²) in [6.45, 7) is 5.97. The number of benzene rings is 1. The lowest BCUT2D eigenvalue weighted by Gasteiger charge is -2.28. The molecule has 4 nitrogen and oxygen atoms in total. The van der Waals surface area contributed by atoms with Gasteiger partial charge in [0.2, 0.25) is 0 Å². The minimum atomic E-state index is 0. The van der Waals surface area contributed by atoms with Crippen LogP contribution in [-0.2, 0) is 0 Å². The van der Waals surface area contributed by atoms with Crippen molar-refractivity contribution in [2.45, 2.75) is 31.3 Å². The van der Waals surface area contributed by atoms with E-state index in [9.17, 15) is 4.79 Å². The van der Waals surface area contributed by atoms with Gasteiger partial charge >= 0.3 is 0 Å². The summed E-state index contributed by atoms with van der Waals surface area (Å²) in [5, 5.41) is 3.43. The Kier molecular flexibility index (Phi) is 5.86.